The molecule has 9 aromatic rings. The van der Waals surface area contributed by atoms with Crippen molar-refractivity contribution in [3.05, 3.63) is 224 Å². The second-order valence-electron chi connectivity index (χ2n) is 18.0. The predicted molar refractivity (Wildman–Crippen MR) is 289 cm³/mol. The molecule has 364 valence electrons. The van der Waals surface area contributed by atoms with Gasteiger partial charge in [0.25, 0.3) is 0 Å². The van der Waals surface area contributed by atoms with Crippen LogP contribution in [0.3, 0.4) is 0 Å². The standard InChI is InChI=1S/C39H35FO2.C21H21ClN6OS/c1-25-19-32(20-26(2)35(25)23-37(41)29-11-7-5-8-12-29)39(31-15-17-34(40)18-16-31)33-21-27(3)36(28(4)22-33)24-38(42)30-13-9-6-10-14-30;1-3-11-28-15-8-6-5-7-14(15)18-19(28)25-21(27-26-18)30-16(4-2)20(29)24-17-10-9-13(22)12-23-17/h5-22,39H,23-24H2,1-4H3;5-10,12,16H,3-4,11H2,1-2H3,(H,23,24,29). The maximum Gasteiger partial charge on any atom is 0.239 e. The molecule has 1 amide bonds. The SMILES string of the molecule is CCCn1c2ccccc2c2nnc(SC(CC)C(=O)Nc3ccc(Cl)cn3)nc21.Cc1cc(C(c2ccc(F)cc2)c2cc(C)c(CC(=O)c3ccccc3)c(C)c2)cc(C)c1CC(=O)c1ccccc1. The molecule has 6 aromatic carbocycles. The molecule has 12 heteroatoms. The average Bonchev–Trinajstić information content (AvgIpc) is 3.69. The second kappa shape index (κ2) is 23.3. The van der Waals surface area contributed by atoms with E-state index in [1.165, 1.54) is 30.1 Å². The van der Waals surface area contributed by atoms with Crippen LogP contribution in [0.2, 0.25) is 5.02 Å². The van der Waals surface area contributed by atoms with E-state index in [4.69, 9.17) is 16.6 Å². The van der Waals surface area contributed by atoms with Gasteiger partial charge in [0.15, 0.2) is 17.2 Å². The van der Waals surface area contributed by atoms with E-state index in [0.717, 1.165) is 85.1 Å². The van der Waals surface area contributed by atoms with Gasteiger partial charge < -0.3 is 9.88 Å². The lowest BCUT2D eigenvalue weighted by atomic mass is 9.80. The number of nitrogens with one attached hydrogen (secondary N) is 1. The summed E-state index contributed by atoms with van der Waals surface area (Å²) in [6, 6.07) is 45.6. The monoisotopic (exact) mass is 994 g/mol. The fraction of sp³-hybridized carbons (Fsp3) is 0.217. The minimum Gasteiger partial charge on any atom is -0.324 e. The normalized spacial score (nSPS) is 11.6. The smallest absolute Gasteiger partial charge is 0.239 e. The average molecular weight is 996 g/mol. The molecule has 0 saturated carbocycles. The van der Waals surface area contributed by atoms with E-state index < -0.39 is 0 Å². The van der Waals surface area contributed by atoms with Crippen LogP contribution in [0.1, 0.15) is 103 Å². The van der Waals surface area contributed by atoms with Gasteiger partial charge in [-0.2, -0.15) is 0 Å². The molecule has 0 fully saturated rings. The Morgan fingerprint density at radius 2 is 1.21 bits per heavy atom. The first-order chi connectivity index (χ1) is 34.8. The van der Waals surface area contributed by atoms with E-state index in [0.29, 0.717) is 46.4 Å². The van der Waals surface area contributed by atoms with Gasteiger partial charge in [-0.05, 0) is 121 Å². The van der Waals surface area contributed by atoms with Gasteiger partial charge in [-0.15, -0.1) is 10.2 Å². The number of amides is 1. The molecule has 0 aliphatic heterocycles. The molecule has 1 N–H and O–H groups in total. The van der Waals surface area contributed by atoms with Crippen LogP contribution in [-0.2, 0) is 24.2 Å². The molecule has 0 radical (unpaired) electrons. The van der Waals surface area contributed by atoms with Gasteiger partial charge in [0.05, 0.1) is 15.8 Å². The van der Waals surface area contributed by atoms with Crippen molar-refractivity contribution < 1.29 is 18.8 Å². The number of anilines is 1. The molecule has 72 heavy (non-hydrogen) atoms. The number of fused-ring (bicyclic) bond motifs is 3. The molecule has 0 aliphatic rings. The summed E-state index contributed by atoms with van der Waals surface area (Å²) in [6.45, 7) is 13.1. The Balaban J connectivity index is 0.000000204. The summed E-state index contributed by atoms with van der Waals surface area (Å²) in [6.07, 6.45) is 3.77. The third kappa shape index (κ3) is 11.9. The largest absolute Gasteiger partial charge is 0.324 e. The van der Waals surface area contributed by atoms with Gasteiger partial charge in [-0.1, -0.05) is 152 Å². The fourth-order valence-electron chi connectivity index (χ4n) is 9.25. The van der Waals surface area contributed by atoms with E-state index in [9.17, 15) is 18.8 Å². The van der Waals surface area contributed by atoms with Gasteiger partial charge in [0, 0.05) is 48.0 Å². The maximum atomic E-state index is 14.0. The molecule has 9 nitrogen and oxygen atoms in total. The number of nitrogens with zero attached hydrogens (tertiary/aromatic N) is 5. The Kier molecular flexibility index (Phi) is 16.5. The Bertz CT molecular complexity index is 3230. The minimum atomic E-state index is -0.370. The summed E-state index contributed by atoms with van der Waals surface area (Å²) >= 11 is 7.16. The van der Waals surface area contributed by atoms with Gasteiger partial charge in [-0.25, -0.2) is 14.4 Å². The van der Waals surface area contributed by atoms with Crippen molar-refractivity contribution in [2.24, 2.45) is 0 Å². The summed E-state index contributed by atoms with van der Waals surface area (Å²) in [5.41, 5.74) is 13.5. The summed E-state index contributed by atoms with van der Waals surface area (Å²) in [5, 5.41) is 13.2. The number of carbonyl (C=O) groups excluding carboxylic acids is 3. The predicted octanol–water partition coefficient (Wildman–Crippen LogP) is 14.0. The van der Waals surface area contributed by atoms with Crippen LogP contribution < -0.4 is 5.32 Å². The number of Topliss-reactive ketones (excluding diaryl/α,β-unsaturated/α-hetero) is 2. The highest BCUT2D eigenvalue weighted by Crippen LogP contribution is 2.37. The van der Waals surface area contributed by atoms with Crippen LogP contribution in [0.15, 0.2) is 157 Å². The molecule has 0 spiro atoms. The van der Waals surface area contributed by atoms with Crippen LogP contribution >= 0.6 is 23.4 Å². The van der Waals surface area contributed by atoms with E-state index in [1.807, 2.05) is 97.9 Å². The number of pyridine rings is 1. The lowest BCUT2D eigenvalue weighted by molar-refractivity contribution is -0.115. The molecule has 1 unspecified atom stereocenters. The molecule has 3 aromatic heterocycles. The van der Waals surface area contributed by atoms with Crippen molar-refractivity contribution in [1.82, 2.24) is 24.7 Å². The summed E-state index contributed by atoms with van der Waals surface area (Å²) in [4.78, 5) is 47.7. The number of carbonyl (C=O) groups is 3. The zero-order valence-electron chi connectivity index (χ0n) is 41.2. The Hall–Kier alpha value is -7.34. The molecule has 0 saturated heterocycles. The first kappa shape index (κ1) is 51.0. The van der Waals surface area contributed by atoms with Crippen LogP contribution in [0.25, 0.3) is 22.1 Å². The molecular weight excluding hydrogens is 939 g/mol. The van der Waals surface area contributed by atoms with Crippen molar-refractivity contribution in [1.29, 1.82) is 0 Å². The highest BCUT2D eigenvalue weighted by atomic mass is 35.5. The number of halogens is 2. The first-order valence-corrected chi connectivity index (χ1v) is 25.4. The Morgan fingerprint density at radius 1 is 0.667 bits per heavy atom. The molecule has 9 rings (SSSR count). The number of aromatic nitrogens is 5. The number of ketones is 2. The summed E-state index contributed by atoms with van der Waals surface area (Å²) in [7, 11) is 0. The maximum absolute atomic E-state index is 14.0. The van der Waals surface area contributed by atoms with Crippen molar-refractivity contribution in [2.45, 2.75) is 90.1 Å². The van der Waals surface area contributed by atoms with Gasteiger partial charge in [0.1, 0.15) is 17.2 Å². The highest BCUT2D eigenvalue weighted by Gasteiger charge is 2.24. The van der Waals surface area contributed by atoms with Gasteiger partial charge >= 0.3 is 0 Å². The van der Waals surface area contributed by atoms with Crippen LogP contribution in [0, 0.1) is 33.5 Å². The van der Waals surface area contributed by atoms with Gasteiger partial charge in [-0.3, -0.25) is 14.4 Å². The highest BCUT2D eigenvalue weighted by molar-refractivity contribution is 8.00. The topological polar surface area (TPSA) is 120 Å². The van der Waals surface area contributed by atoms with Crippen LogP contribution in [0.4, 0.5) is 10.2 Å². The first-order valence-electron chi connectivity index (χ1n) is 24.1. The molecule has 1 atom stereocenters. The van der Waals surface area contributed by atoms with Crippen molar-refractivity contribution in [3.63, 3.8) is 0 Å². The van der Waals surface area contributed by atoms with E-state index in [-0.39, 0.29) is 34.5 Å². The fourth-order valence-corrected chi connectivity index (χ4v) is 10.2. The van der Waals surface area contributed by atoms with Crippen molar-refractivity contribution >= 4 is 68.7 Å². The molecule has 3 heterocycles. The minimum absolute atomic E-state index is 0.0940. The number of hydrogen-bond donors (Lipinski definition) is 1. The molecule has 0 aliphatic carbocycles. The second-order valence-corrected chi connectivity index (χ2v) is 19.6. The van der Waals surface area contributed by atoms with Gasteiger partial charge in [0.2, 0.25) is 11.1 Å². The number of para-hydroxylation sites is 1. The zero-order chi connectivity index (χ0) is 50.9. The van der Waals surface area contributed by atoms with Crippen molar-refractivity contribution in [2.75, 3.05) is 5.32 Å². The Labute approximate surface area is 429 Å². The number of rotatable bonds is 16. The van der Waals surface area contributed by atoms with E-state index in [1.54, 1.807) is 12.1 Å². The number of benzene rings is 6. The zero-order valence-corrected chi connectivity index (χ0v) is 42.8. The third-order valence-corrected chi connectivity index (χ3v) is 14.3. The van der Waals surface area contributed by atoms with Crippen LogP contribution in [-0.4, -0.2) is 47.5 Å². The number of hydrogen-bond acceptors (Lipinski definition) is 8. The summed E-state index contributed by atoms with van der Waals surface area (Å²) in [5.74, 6) is 0.0732. The van der Waals surface area contributed by atoms with E-state index in [2.05, 4.69) is 90.0 Å². The molecular formula is C60H56ClFN6O3S. The third-order valence-electron chi connectivity index (χ3n) is 12.9. The quantitative estimate of drug-likeness (QED) is 0.0577. The lowest BCUT2D eigenvalue weighted by Gasteiger charge is -2.24. The molecule has 0 bridgehead atoms. The number of aryl methyl sites for hydroxylation is 5. The Morgan fingerprint density at radius 3 is 1.72 bits per heavy atom. The van der Waals surface area contributed by atoms with E-state index >= 15 is 0 Å². The van der Waals surface area contributed by atoms with Crippen LogP contribution in [0.5, 0.6) is 0 Å². The lowest BCUT2D eigenvalue weighted by Crippen LogP contribution is -2.25. The summed E-state index contributed by atoms with van der Waals surface area (Å²) < 4.78 is 16.1. The number of thioether (sulfide) groups is 1. The van der Waals surface area contributed by atoms with Crippen molar-refractivity contribution in [3.8, 4) is 0 Å².